The van der Waals surface area contributed by atoms with Crippen LogP contribution in [0.5, 0.6) is 0 Å². The Morgan fingerprint density at radius 3 is 1.07 bits per heavy atom. The summed E-state index contributed by atoms with van der Waals surface area (Å²) in [6, 6.07) is 0. The molecule has 0 saturated heterocycles. The molecule has 0 aliphatic rings. The first-order valence-corrected chi connectivity index (χ1v) is 4.10. The van der Waals surface area contributed by atoms with Crippen molar-refractivity contribution in [3.8, 4) is 0 Å². The minimum absolute atomic E-state index is 0.0466. The Kier molecular flexibility index (Phi) is 3.61. The van der Waals surface area contributed by atoms with Crippen molar-refractivity contribution in [3.63, 3.8) is 0 Å². The zero-order chi connectivity index (χ0) is 12.0. The van der Waals surface area contributed by atoms with E-state index >= 15 is 0 Å². The molecule has 0 amide bonds. The van der Waals surface area contributed by atoms with Crippen LogP contribution in [-0.4, -0.2) is 21.2 Å². The van der Waals surface area contributed by atoms with Crippen molar-refractivity contribution in [3.05, 3.63) is 0 Å². The Morgan fingerprint density at radius 2 is 1.00 bits per heavy atom. The van der Waals surface area contributed by atoms with E-state index in [1.165, 1.54) is 0 Å². The lowest BCUT2D eigenvalue weighted by atomic mass is 10.2. The lowest BCUT2D eigenvalue weighted by Gasteiger charge is -2.31. The monoisotopic (exact) mass is 362 g/mol. The number of alkyl halides is 10. The van der Waals surface area contributed by atoms with Gasteiger partial charge in [-0.15, -0.1) is 0 Å². The van der Waals surface area contributed by atoms with Gasteiger partial charge in [-0.05, 0) is 22.6 Å². The van der Waals surface area contributed by atoms with Crippen molar-refractivity contribution in [2.75, 3.05) is 0 Å². The lowest BCUT2D eigenvalue weighted by molar-refractivity contribution is -0.361. The summed E-state index contributed by atoms with van der Waals surface area (Å²) in [5, 5.41) is 0. The zero-order valence-corrected chi connectivity index (χ0v) is 8.69. The van der Waals surface area contributed by atoms with Gasteiger partial charge in [0.05, 0.1) is 0 Å². The third kappa shape index (κ3) is 2.17. The molecule has 0 bridgehead atoms. The molecule has 0 rings (SSSR count). The predicted octanol–water partition coefficient (Wildman–Crippen LogP) is 4.12. The van der Waals surface area contributed by atoms with Gasteiger partial charge in [0.25, 0.3) is 0 Å². The zero-order valence-electron chi connectivity index (χ0n) is 5.78. The van der Waals surface area contributed by atoms with Crippen molar-refractivity contribution in [2.45, 2.75) is 21.2 Å². The van der Waals surface area contributed by atoms with E-state index in [1.807, 2.05) is 0 Å². The van der Waals surface area contributed by atoms with Crippen molar-refractivity contribution in [1.82, 2.24) is 0 Å². The van der Waals surface area contributed by atoms with Gasteiger partial charge in [-0.2, -0.15) is 30.7 Å². The lowest BCUT2D eigenvalue weighted by Crippen LogP contribution is -2.58. The molecule has 0 spiro atoms. The number of hydrogen-bond acceptors (Lipinski definition) is 0. The van der Waals surface area contributed by atoms with E-state index in [2.05, 4.69) is 11.6 Å². The average Bonchev–Trinajstić information content (AvgIpc) is 1.81. The van der Waals surface area contributed by atoms with E-state index in [4.69, 9.17) is 0 Å². The van der Waals surface area contributed by atoms with Crippen LogP contribution in [0.2, 0.25) is 0 Å². The first-order chi connectivity index (χ1) is 5.75. The summed E-state index contributed by atoms with van der Waals surface area (Å²) >= 11 is 4.06. The van der Waals surface area contributed by atoms with Crippen molar-refractivity contribution >= 4 is 34.2 Å². The molecule has 1 unspecified atom stereocenters. The summed E-state index contributed by atoms with van der Waals surface area (Å²) < 4.78 is 90.3. The molecule has 0 aromatic heterocycles. The largest absolute Gasteiger partial charge is 0.460 e. The smallest absolute Gasteiger partial charge is 0.207 e. The molecular formula is C4ClF8I. The van der Waals surface area contributed by atoms with Crippen LogP contribution in [0, 0.1) is 0 Å². The third-order valence-electron chi connectivity index (χ3n) is 1.11. The van der Waals surface area contributed by atoms with Crippen LogP contribution >= 0.6 is 34.2 Å². The Morgan fingerprint density at radius 1 is 0.714 bits per heavy atom. The number of halogens is 10. The van der Waals surface area contributed by atoms with E-state index in [-0.39, 0.29) is 22.6 Å². The fourth-order valence-electron chi connectivity index (χ4n) is 0.356. The molecule has 86 valence electrons. The molecule has 0 heterocycles. The predicted molar refractivity (Wildman–Crippen MR) is 39.7 cm³/mol. The van der Waals surface area contributed by atoms with Crippen LogP contribution in [-0.2, 0) is 0 Å². The van der Waals surface area contributed by atoms with Crippen LogP contribution in [0.4, 0.5) is 35.1 Å². The quantitative estimate of drug-likeness (QED) is 0.394. The molecule has 0 nitrogen and oxygen atoms in total. The van der Waals surface area contributed by atoms with Gasteiger partial charge >= 0.3 is 21.2 Å². The van der Waals surface area contributed by atoms with Gasteiger partial charge in [-0.25, -0.2) is 4.39 Å². The van der Waals surface area contributed by atoms with E-state index in [0.29, 0.717) is 0 Å². The minimum atomic E-state index is -6.58. The van der Waals surface area contributed by atoms with Crippen molar-refractivity contribution < 1.29 is 35.1 Å². The van der Waals surface area contributed by atoms with Gasteiger partial charge in [0.15, 0.2) is 0 Å². The molecule has 0 aromatic carbocycles. The summed E-state index contributed by atoms with van der Waals surface area (Å²) in [5.41, 5.74) is 0. The molecule has 0 fully saturated rings. The maximum Gasteiger partial charge on any atom is 0.460 e. The fourth-order valence-corrected chi connectivity index (χ4v) is 0.813. The van der Waals surface area contributed by atoms with Gasteiger partial charge in [-0.3, -0.25) is 0 Å². The van der Waals surface area contributed by atoms with E-state index < -0.39 is 21.2 Å². The standard InChI is InChI=1S/C4ClF8I/c5-3(10,14)1(6,7)2(8,9)4(11,12)13. The molecule has 10 heteroatoms. The highest BCUT2D eigenvalue weighted by Gasteiger charge is 2.80. The maximum absolute atomic E-state index is 12.2. The van der Waals surface area contributed by atoms with Crippen molar-refractivity contribution in [1.29, 1.82) is 0 Å². The van der Waals surface area contributed by atoms with Crippen LogP contribution < -0.4 is 0 Å². The molecule has 0 saturated carbocycles. The summed E-state index contributed by atoms with van der Waals surface area (Å²) in [6.07, 6.45) is -6.58. The molecular weight excluding hydrogens is 362 g/mol. The molecule has 0 radical (unpaired) electrons. The van der Waals surface area contributed by atoms with Gasteiger partial charge in [0, 0.05) is 0 Å². The first-order valence-electron chi connectivity index (χ1n) is 2.64. The van der Waals surface area contributed by atoms with Gasteiger partial charge < -0.3 is 0 Å². The second-order valence-electron chi connectivity index (χ2n) is 2.14. The topological polar surface area (TPSA) is 0 Å². The van der Waals surface area contributed by atoms with Crippen molar-refractivity contribution in [2.24, 2.45) is 0 Å². The Hall–Kier alpha value is 0.460. The van der Waals surface area contributed by atoms with Gasteiger partial charge in [-0.1, -0.05) is 11.6 Å². The highest BCUT2D eigenvalue weighted by Crippen LogP contribution is 2.56. The summed E-state index contributed by atoms with van der Waals surface area (Å²) in [4.78, 5) is 0. The first kappa shape index (κ1) is 14.5. The Bertz CT molecular complexity index is 190. The van der Waals surface area contributed by atoms with Crippen LogP contribution in [0.25, 0.3) is 0 Å². The van der Waals surface area contributed by atoms with Gasteiger partial charge in [0.1, 0.15) is 0 Å². The molecule has 0 aliphatic carbocycles. The second-order valence-corrected chi connectivity index (χ2v) is 4.79. The molecule has 0 aromatic rings. The van der Waals surface area contributed by atoms with Gasteiger partial charge in [0.2, 0.25) is 0 Å². The molecule has 1 atom stereocenters. The molecule has 0 N–H and O–H groups in total. The average molecular weight is 362 g/mol. The third-order valence-corrected chi connectivity index (χ3v) is 2.02. The highest BCUT2D eigenvalue weighted by atomic mass is 127. The second kappa shape index (κ2) is 3.49. The SMILES string of the molecule is FC(F)(F)C(F)(F)C(F)(F)C(F)(Cl)I. The summed E-state index contributed by atoms with van der Waals surface area (Å²) in [6.45, 7) is 0. The highest BCUT2D eigenvalue weighted by molar-refractivity contribution is 14.1. The van der Waals surface area contributed by atoms with E-state index in [1.54, 1.807) is 0 Å². The Balaban J connectivity index is 5.30. The van der Waals surface area contributed by atoms with E-state index in [0.717, 1.165) is 0 Å². The fraction of sp³-hybridized carbons (Fsp3) is 1.00. The van der Waals surface area contributed by atoms with E-state index in [9.17, 15) is 35.1 Å². The molecule has 0 aliphatic heterocycles. The molecule has 14 heavy (non-hydrogen) atoms. The van der Waals surface area contributed by atoms with Crippen LogP contribution in [0.3, 0.4) is 0 Å². The summed E-state index contributed by atoms with van der Waals surface area (Å²) in [7, 11) is 0. The Labute approximate surface area is 90.7 Å². The normalized spacial score (nSPS) is 19.3. The number of hydrogen-bond donors (Lipinski definition) is 0. The minimum Gasteiger partial charge on any atom is -0.207 e. The van der Waals surface area contributed by atoms with Crippen LogP contribution in [0.1, 0.15) is 0 Å². The summed E-state index contributed by atoms with van der Waals surface area (Å²) in [5.74, 6) is -12.6. The maximum atomic E-state index is 12.2. The van der Waals surface area contributed by atoms with Crippen LogP contribution in [0.15, 0.2) is 0 Å². The number of rotatable bonds is 2.